The van der Waals surface area contributed by atoms with Crippen LogP contribution in [-0.2, 0) is 19.1 Å². The van der Waals surface area contributed by atoms with Gasteiger partial charge in [-0.1, -0.05) is 18.2 Å². The highest BCUT2D eigenvalue weighted by atomic mass is 16.5. The average Bonchev–Trinajstić information content (AvgIpc) is 3.27. The molecule has 2 heterocycles. The summed E-state index contributed by atoms with van der Waals surface area (Å²) in [5.74, 6) is -2.41. The number of carbonyl (C=O) groups excluding carboxylic acids is 3. The summed E-state index contributed by atoms with van der Waals surface area (Å²) in [6.45, 7) is 3.67. The Balaban J connectivity index is 2.10. The van der Waals surface area contributed by atoms with Gasteiger partial charge in [-0.2, -0.15) is 0 Å². The van der Waals surface area contributed by atoms with Gasteiger partial charge in [0.05, 0.1) is 42.8 Å². The summed E-state index contributed by atoms with van der Waals surface area (Å²) in [7, 11) is 0. The van der Waals surface area contributed by atoms with Crippen LogP contribution in [0.2, 0.25) is 0 Å². The summed E-state index contributed by atoms with van der Waals surface area (Å²) in [6, 6.07) is 10.2. The maximum atomic E-state index is 13.0. The highest BCUT2D eigenvalue weighted by Gasteiger charge is 2.37. The second kappa shape index (κ2) is 9.05. The first-order chi connectivity index (χ1) is 14.1. The molecule has 0 bridgehead atoms. The number of furan rings is 1. The van der Waals surface area contributed by atoms with Crippen LogP contribution in [0.5, 0.6) is 0 Å². The zero-order valence-electron chi connectivity index (χ0n) is 16.2. The number of amides is 1. The van der Waals surface area contributed by atoms with Gasteiger partial charge in [0.25, 0.3) is 5.91 Å². The van der Waals surface area contributed by atoms with E-state index in [4.69, 9.17) is 13.9 Å². The summed E-state index contributed by atoms with van der Waals surface area (Å²) in [5.41, 5.74) is 1.27. The molecule has 7 nitrogen and oxygen atoms in total. The van der Waals surface area contributed by atoms with Crippen LogP contribution in [-0.4, -0.2) is 36.0 Å². The Morgan fingerprint density at radius 3 is 2.00 bits per heavy atom. The third-order valence-corrected chi connectivity index (χ3v) is 4.33. The van der Waals surface area contributed by atoms with Crippen LogP contribution in [0.1, 0.15) is 35.7 Å². The highest BCUT2D eigenvalue weighted by molar-refractivity contribution is 6.02. The minimum absolute atomic E-state index is 0.142. The Bertz CT molecular complexity index is 907. The van der Waals surface area contributed by atoms with E-state index in [-0.39, 0.29) is 30.3 Å². The van der Waals surface area contributed by atoms with Gasteiger partial charge in [-0.15, -0.1) is 0 Å². The molecule has 0 N–H and O–H groups in total. The number of ether oxygens (including phenoxy) is 2. The number of carbonyl (C=O) groups is 3. The molecule has 1 aromatic heterocycles. The second-order valence-corrected chi connectivity index (χ2v) is 6.18. The van der Waals surface area contributed by atoms with E-state index in [0.29, 0.717) is 11.1 Å². The van der Waals surface area contributed by atoms with E-state index in [0.717, 1.165) is 0 Å². The Morgan fingerprint density at radius 1 is 0.931 bits per heavy atom. The van der Waals surface area contributed by atoms with Crippen molar-refractivity contribution in [3.05, 3.63) is 83.6 Å². The highest BCUT2D eigenvalue weighted by Crippen LogP contribution is 2.37. The predicted molar refractivity (Wildman–Crippen MR) is 103 cm³/mol. The summed E-state index contributed by atoms with van der Waals surface area (Å²) in [5, 5.41) is 0. The lowest BCUT2D eigenvalue weighted by Crippen LogP contribution is -2.32. The van der Waals surface area contributed by atoms with Crippen molar-refractivity contribution in [1.29, 1.82) is 0 Å². The normalized spacial score (nSPS) is 14.1. The van der Waals surface area contributed by atoms with E-state index in [1.807, 2.05) is 0 Å². The van der Waals surface area contributed by atoms with E-state index in [1.54, 1.807) is 50.2 Å². The molecule has 7 heteroatoms. The van der Waals surface area contributed by atoms with Gasteiger partial charge in [-0.3, -0.25) is 9.69 Å². The quantitative estimate of drug-likeness (QED) is 0.697. The van der Waals surface area contributed by atoms with Gasteiger partial charge in [-0.05, 0) is 32.0 Å². The Labute approximate surface area is 168 Å². The number of benzene rings is 1. The van der Waals surface area contributed by atoms with E-state index >= 15 is 0 Å². The number of nitrogens with zero attached hydrogens (tertiary/aromatic N) is 1. The number of rotatable bonds is 6. The first-order valence-electron chi connectivity index (χ1n) is 9.24. The van der Waals surface area contributed by atoms with Crippen LogP contribution in [0.25, 0.3) is 0 Å². The Kier molecular flexibility index (Phi) is 6.29. The maximum absolute atomic E-state index is 13.0. The lowest BCUT2D eigenvalue weighted by Gasteiger charge is -2.28. The molecule has 0 unspecified atom stereocenters. The first kappa shape index (κ1) is 20.1. The third kappa shape index (κ3) is 4.29. The van der Waals surface area contributed by atoms with Gasteiger partial charge in [-0.25, -0.2) is 9.59 Å². The standard InChI is InChI=1S/C22H21NO6/c1-3-28-21(25)17-12-23(20(24)15-8-6-5-7-9-15)13-18(22(26)29-4-2)19(17)16-10-11-27-14-16/h5-14,19H,3-4H2,1-2H3. The molecule has 0 radical (unpaired) electrons. The maximum Gasteiger partial charge on any atom is 0.336 e. The van der Waals surface area contributed by atoms with E-state index in [1.165, 1.54) is 29.8 Å². The van der Waals surface area contributed by atoms with Crippen LogP contribution < -0.4 is 0 Å². The smallest absolute Gasteiger partial charge is 0.336 e. The minimum atomic E-state index is -0.772. The molecule has 0 saturated heterocycles. The molecule has 0 saturated carbocycles. The monoisotopic (exact) mass is 395 g/mol. The fraction of sp³-hybridized carbons (Fsp3) is 0.227. The lowest BCUT2D eigenvalue weighted by atomic mass is 9.84. The van der Waals surface area contributed by atoms with Crippen LogP contribution in [0.3, 0.4) is 0 Å². The van der Waals surface area contributed by atoms with E-state index in [2.05, 4.69) is 0 Å². The van der Waals surface area contributed by atoms with Crippen molar-refractivity contribution in [2.45, 2.75) is 19.8 Å². The molecule has 29 heavy (non-hydrogen) atoms. The van der Waals surface area contributed by atoms with Crippen molar-refractivity contribution >= 4 is 17.8 Å². The third-order valence-electron chi connectivity index (χ3n) is 4.33. The molecule has 1 aliphatic rings. The van der Waals surface area contributed by atoms with Crippen molar-refractivity contribution < 1.29 is 28.3 Å². The van der Waals surface area contributed by atoms with Crippen molar-refractivity contribution in [3.8, 4) is 0 Å². The molecule has 150 valence electrons. The Hall–Kier alpha value is -3.61. The van der Waals surface area contributed by atoms with Gasteiger partial charge < -0.3 is 13.9 Å². The molecule has 1 aliphatic heterocycles. The number of esters is 2. The van der Waals surface area contributed by atoms with Crippen molar-refractivity contribution in [2.75, 3.05) is 13.2 Å². The average molecular weight is 395 g/mol. The molecule has 1 amide bonds. The van der Waals surface area contributed by atoms with Crippen molar-refractivity contribution in [1.82, 2.24) is 4.90 Å². The first-order valence-corrected chi connectivity index (χ1v) is 9.24. The van der Waals surface area contributed by atoms with Crippen LogP contribution in [0.4, 0.5) is 0 Å². The van der Waals surface area contributed by atoms with E-state index < -0.39 is 17.9 Å². The van der Waals surface area contributed by atoms with Gasteiger partial charge in [0.2, 0.25) is 0 Å². The zero-order valence-corrected chi connectivity index (χ0v) is 16.2. The van der Waals surface area contributed by atoms with Gasteiger partial charge in [0, 0.05) is 23.5 Å². The molecular formula is C22H21NO6. The molecule has 2 aromatic rings. The fourth-order valence-electron chi connectivity index (χ4n) is 3.07. The van der Waals surface area contributed by atoms with Crippen molar-refractivity contribution in [3.63, 3.8) is 0 Å². The van der Waals surface area contributed by atoms with Gasteiger partial charge in [0.15, 0.2) is 0 Å². The fourth-order valence-corrected chi connectivity index (χ4v) is 3.07. The molecule has 0 fully saturated rings. The van der Waals surface area contributed by atoms with Gasteiger partial charge in [0.1, 0.15) is 0 Å². The SMILES string of the molecule is CCOC(=O)C1=CN(C(=O)c2ccccc2)C=C(C(=O)OCC)C1c1ccoc1. The van der Waals surface area contributed by atoms with Crippen molar-refractivity contribution in [2.24, 2.45) is 0 Å². The summed E-state index contributed by atoms with van der Waals surface area (Å²) < 4.78 is 15.5. The summed E-state index contributed by atoms with van der Waals surface area (Å²) in [4.78, 5) is 39.6. The molecule has 0 aliphatic carbocycles. The topological polar surface area (TPSA) is 86.0 Å². The summed E-state index contributed by atoms with van der Waals surface area (Å²) in [6.07, 6.45) is 5.68. The zero-order chi connectivity index (χ0) is 20.8. The summed E-state index contributed by atoms with van der Waals surface area (Å²) >= 11 is 0. The predicted octanol–water partition coefficient (Wildman–Crippen LogP) is 3.41. The lowest BCUT2D eigenvalue weighted by molar-refractivity contribution is -0.139. The molecule has 0 atom stereocenters. The van der Waals surface area contributed by atoms with E-state index in [9.17, 15) is 14.4 Å². The minimum Gasteiger partial charge on any atom is -0.472 e. The van der Waals surface area contributed by atoms with Crippen LogP contribution in [0, 0.1) is 0 Å². The second-order valence-electron chi connectivity index (χ2n) is 6.18. The largest absolute Gasteiger partial charge is 0.472 e. The Morgan fingerprint density at radius 2 is 1.52 bits per heavy atom. The number of hydrogen-bond acceptors (Lipinski definition) is 6. The van der Waals surface area contributed by atoms with Crippen LogP contribution in [0.15, 0.2) is 76.9 Å². The molecule has 0 spiro atoms. The molecule has 1 aromatic carbocycles. The van der Waals surface area contributed by atoms with Gasteiger partial charge >= 0.3 is 11.9 Å². The van der Waals surface area contributed by atoms with Crippen LogP contribution >= 0.6 is 0 Å². The molecule has 3 rings (SSSR count). The molecular weight excluding hydrogens is 374 g/mol. The number of hydrogen-bond donors (Lipinski definition) is 0.